The molecule has 0 aliphatic carbocycles. The van der Waals surface area contributed by atoms with Gasteiger partial charge in [-0.05, 0) is 24.6 Å². The molecule has 0 fully saturated rings. The molecule has 0 aliphatic rings. The minimum Gasteiger partial charge on any atom is -0.395 e. The Balaban J connectivity index is 1.94. The third-order valence-electron chi connectivity index (χ3n) is 4.13. The summed E-state index contributed by atoms with van der Waals surface area (Å²) in [5.41, 5.74) is 1.90. The lowest BCUT2D eigenvalue weighted by atomic mass is 10.2. The van der Waals surface area contributed by atoms with Crippen LogP contribution in [-0.4, -0.2) is 43.0 Å². The molecule has 0 bridgehead atoms. The lowest BCUT2D eigenvalue weighted by Gasteiger charge is -2.19. The van der Waals surface area contributed by atoms with Gasteiger partial charge in [-0.1, -0.05) is 23.5 Å². The summed E-state index contributed by atoms with van der Waals surface area (Å²) < 4.78 is 6.11. The average Bonchev–Trinajstić information content (AvgIpc) is 3.25. The van der Waals surface area contributed by atoms with Crippen molar-refractivity contribution in [1.82, 2.24) is 4.98 Å². The zero-order valence-corrected chi connectivity index (χ0v) is 16.2. The Morgan fingerprint density at radius 3 is 2.74 bits per heavy atom. The fourth-order valence-electron chi connectivity index (χ4n) is 2.74. The Kier molecular flexibility index (Phi) is 5.52. The fraction of sp³-hybridized carbons (Fsp3) is 0.333. The van der Waals surface area contributed by atoms with Crippen LogP contribution in [0.15, 0.2) is 34.7 Å². The van der Waals surface area contributed by atoms with E-state index in [1.54, 1.807) is 4.90 Å². The van der Waals surface area contributed by atoms with Crippen LogP contribution in [0.25, 0.3) is 10.2 Å². The number of amides is 1. The van der Waals surface area contributed by atoms with Crippen molar-refractivity contribution in [2.45, 2.75) is 13.3 Å². The average molecular weight is 389 g/mol. The summed E-state index contributed by atoms with van der Waals surface area (Å²) in [5, 5.41) is 11.4. The number of thiazole rings is 1. The van der Waals surface area contributed by atoms with Gasteiger partial charge in [0.15, 0.2) is 10.9 Å². The molecule has 2 heterocycles. The van der Waals surface area contributed by atoms with E-state index in [1.165, 1.54) is 28.4 Å². The maximum absolute atomic E-state index is 13.0. The first-order chi connectivity index (χ1) is 12.9. The summed E-state index contributed by atoms with van der Waals surface area (Å²) in [7, 11) is 4.09. The molecule has 1 N–H and O–H groups in total. The van der Waals surface area contributed by atoms with Crippen molar-refractivity contribution in [2.24, 2.45) is 0 Å². The van der Waals surface area contributed by atoms with Gasteiger partial charge < -0.3 is 9.32 Å². The number of carbonyl (C=O) groups excluding carboxylic acids is 1. The van der Waals surface area contributed by atoms with Crippen molar-refractivity contribution in [1.29, 1.82) is 0 Å². The van der Waals surface area contributed by atoms with E-state index in [-0.39, 0.29) is 5.76 Å². The van der Waals surface area contributed by atoms with Gasteiger partial charge in [-0.25, -0.2) is 4.98 Å². The fourth-order valence-corrected chi connectivity index (χ4v) is 3.81. The van der Waals surface area contributed by atoms with Crippen molar-refractivity contribution in [3.63, 3.8) is 0 Å². The maximum atomic E-state index is 13.0. The summed E-state index contributed by atoms with van der Waals surface area (Å²) in [6, 6.07) is 8.43. The number of benzene rings is 1. The molecule has 0 radical (unpaired) electrons. The molecule has 0 saturated carbocycles. The molecule has 1 aromatic carbocycles. The Morgan fingerprint density at radius 2 is 2.11 bits per heavy atom. The van der Waals surface area contributed by atoms with Gasteiger partial charge in [-0.3, -0.25) is 19.8 Å². The predicted molar refractivity (Wildman–Crippen MR) is 104 cm³/mol. The number of carbonyl (C=O) groups is 1. The monoisotopic (exact) mass is 389 g/mol. The number of hydrogen-bond donors (Lipinski definition) is 1. The van der Waals surface area contributed by atoms with E-state index in [4.69, 9.17) is 4.42 Å². The highest BCUT2D eigenvalue weighted by molar-refractivity contribution is 7.22. The van der Waals surface area contributed by atoms with Gasteiger partial charge in [0.25, 0.3) is 5.91 Å². The van der Waals surface area contributed by atoms with E-state index in [2.05, 4.69) is 4.98 Å². The van der Waals surface area contributed by atoms with Gasteiger partial charge in [0.2, 0.25) is 0 Å². The number of aromatic nitrogens is 1. The second-order valence-corrected chi connectivity index (χ2v) is 7.59. The lowest BCUT2D eigenvalue weighted by molar-refractivity contribution is -0.858. The molecule has 142 valence electrons. The summed E-state index contributed by atoms with van der Waals surface area (Å²) in [4.78, 5) is 30.7. The number of quaternary nitrogens is 1. The number of aryl methyl sites for hydroxylation is 1. The standard InChI is InChI=1S/C18H20N4O4S/c1-12-6-4-7-14-16(12)19-18(27-14)21(11-5-10-20(2)3)17(23)13-8-9-15(26-13)22(24)25/h4,6-9H,5,10-11H2,1-3H3/p+1. The van der Waals surface area contributed by atoms with Crippen molar-refractivity contribution in [2.75, 3.05) is 32.1 Å². The molecule has 27 heavy (non-hydrogen) atoms. The Morgan fingerprint density at radius 1 is 1.33 bits per heavy atom. The van der Waals surface area contributed by atoms with Crippen LogP contribution in [0.4, 0.5) is 11.0 Å². The first-order valence-electron chi connectivity index (χ1n) is 8.58. The Bertz CT molecular complexity index is 979. The SMILES string of the molecule is Cc1cccc2sc(N(CCC[NH+](C)C)C(=O)c3ccc([N+](=O)[O-])o3)nc12. The van der Waals surface area contributed by atoms with Crippen LogP contribution in [0.1, 0.15) is 22.5 Å². The molecule has 9 heteroatoms. The maximum Gasteiger partial charge on any atom is 0.433 e. The largest absolute Gasteiger partial charge is 0.433 e. The molecule has 0 aliphatic heterocycles. The molecule has 1 amide bonds. The summed E-state index contributed by atoms with van der Waals surface area (Å²) in [6.45, 7) is 3.31. The molecule has 2 aromatic heterocycles. The Labute approximate surface area is 160 Å². The number of rotatable bonds is 7. The smallest absolute Gasteiger partial charge is 0.395 e. The van der Waals surface area contributed by atoms with Gasteiger partial charge in [0.1, 0.15) is 4.92 Å². The molecular weight excluding hydrogens is 368 g/mol. The van der Waals surface area contributed by atoms with Gasteiger partial charge in [-0.15, -0.1) is 0 Å². The van der Waals surface area contributed by atoms with Gasteiger partial charge >= 0.3 is 5.88 Å². The number of nitrogens with one attached hydrogen (secondary N) is 1. The molecule has 8 nitrogen and oxygen atoms in total. The van der Waals surface area contributed by atoms with E-state index < -0.39 is 16.7 Å². The molecule has 3 aromatic rings. The van der Waals surface area contributed by atoms with Crippen molar-refractivity contribution >= 4 is 38.5 Å². The van der Waals surface area contributed by atoms with Gasteiger partial charge in [-0.2, -0.15) is 0 Å². The number of para-hydroxylation sites is 1. The van der Waals surface area contributed by atoms with Crippen LogP contribution >= 0.6 is 11.3 Å². The lowest BCUT2D eigenvalue weighted by Crippen LogP contribution is -3.05. The quantitative estimate of drug-likeness (QED) is 0.494. The zero-order chi connectivity index (χ0) is 19.6. The second-order valence-electron chi connectivity index (χ2n) is 6.58. The third-order valence-corrected chi connectivity index (χ3v) is 5.17. The van der Waals surface area contributed by atoms with Crippen LogP contribution < -0.4 is 9.80 Å². The van der Waals surface area contributed by atoms with Crippen LogP contribution in [0, 0.1) is 17.0 Å². The van der Waals surface area contributed by atoms with E-state index in [9.17, 15) is 14.9 Å². The van der Waals surface area contributed by atoms with Gasteiger partial charge in [0.05, 0.1) is 36.9 Å². The first kappa shape index (κ1) is 19.0. The van der Waals surface area contributed by atoms with E-state index in [0.717, 1.165) is 28.7 Å². The predicted octanol–water partition coefficient (Wildman–Crippen LogP) is 2.29. The van der Waals surface area contributed by atoms with Crippen LogP contribution in [0.3, 0.4) is 0 Å². The van der Waals surface area contributed by atoms with E-state index in [1.807, 2.05) is 39.2 Å². The van der Waals surface area contributed by atoms with Crippen LogP contribution in [-0.2, 0) is 0 Å². The van der Waals surface area contributed by atoms with Crippen molar-refractivity contribution in [3.05, 3.63) is 51.8 Å². The highest BCUT2D eigenvalue weighted by atomic mass is 32.1. The molecule has 0 saturated heterocycles. The third kappa shape index (κ3) is 4.15. The number of hydrogen-bond acceptors (Lipinski definition) is 6. The highest BCUT2D eigenvalue weighted by Gasteiger charge is 2.26. The number of nitrogens with zero attached hydrogens (tertiary/aromatic N) is 3. The topological polar surface area (TPSA) is 93.9 Å². The summed E-state index contributed by atoms with van der Waals surface area (Å²) in [6.07, 6.45) is 0.770. The zero-order valence-electron chi connectivity index (χ0n) is 15.4. The van der Waals surface area contributed by atoms with Gasteiger partial charge in [0, 0.05) is 13.0 Å². The minimum absolute atomic E-state index is 0.0603. The number of fused-ring (bicyclic) bond motifs is 1. The normalized spacial score (nSPS) is 11.3. The second kappa shape index (κ2) is 7.85. The molecule has 0 atom stereocenters. The molecule has 0 spiro atoms. The summed E-state index contributed by atoms with van der Waals surface area (Å²) >= 11 is 1.43. The van der Waals surface area contributed by atoms with Crippen molar-refractivity contribution < 1.29 is 19.0 Å². The van der Waals surface area contributed by atoms with E-state index in [0.29, 0.717) is 11.7 Å². The molecule has 0 unspecified atom stereocenters. The van der Waals surface area contributed by atoms with E-state index >= 15 is 0 Å². The number of anilines is 1. The highest BCUT2D eigenvalue weighted by Crippen LogP contribution is 2.32. The number of nitro groups is 1. The minimum atomic E-state index is -0.655. The van der Waals surface area contributed by atoms with Crippen LogP contribution in [0.2, 0.25) is 0 Å². The Hall–Kier alpha value is -2.78. The van der Waals surface area contributed by atoms with Crippen molar-refractivity contribution in [3.8, 4) is 0 Å². The first-order valence-corrected chi connectivity index (χ1v) is 9.39. The number of furan rings is 1. The van der Waals surface area contributed by atoms with Crippen LogP contribution in [0.5, 0.6) is 0 Å². The molecular formula is C18H21N4O4S+. The molecule has 3 rings (SSSR count). The summed E-state index contributed by atoms with van der Waals surface area (Å²) in [5.74, 6) is -0.931.